The van der Waals surface area contributed by atoms with Crippen molar-refractivity contribution in [3.63, 3.8) is 0 Å². The van der Waals surface area contributed by atoms with Crippen LogP contribution in [0.15, 0.2) is 90.9 Å². The smallest absolute Gasteiger partial charge is 0.338 e. The molecule has 0 saturated heterocycles. The number of nitrogen functional groups attached to an aromatic ring is 4. The number of aromatic carboxylic acids is 2. The minimum Gasteiger partial charge on any atom is -0.478 e. The van der Waals surface area contributed by atoms with E-state index in [0.717, 1.165) is 36.4 Å². The summed E-state index contributed by atoms with van der Waals surface area (Å²) in [5.74, 6) is -2.80. The summed E-state index contributed by atoms with van der Waals surface area (Å²) >= 11 is 0. The molecule has 0 spiro atoms. The second kappa shape index (κ2) is 14.7. The third kappa shape index (κ3) is 9.06. The summed E-state index contributed by atoms with van der Waals surface area (Å²) in [4.78, 5) is 21.8. The molecule has 21 heteroatoms. The normalized spacial score (nSPS) is 12.0. The maximum atomic E-state index is 12.2. The number of carboxylic acid groups (broad SMARTS) is 2. The van der Waals surface area contributed by atoms with Crippen molar-refractivity contribution >= 4 is 89.8 Å². The molecule has 0 radical (unpaired) electrons. The number of nitrogens with zero attached hydrogens (tertiary/aromatic N) is 4. The van der Waals surface area contributed by atoms with Crippen LogP contribution in [-0.2, 0) is 39.7 Å². The molecule has 0 fully saturated rings. The van der Waals surface area contributed by atoms with Crippen molar-refractivity contribution in [1.29, 1.82) is 0 Å². The van der Waals surface area contributed by atoms with E-state index in [0.29, 0.717) is 0 Å². The number of anilines is 4. The molecule has 4 aromatic carbocycles. The second-order valence-corrected chi connectivity index (χ2v) is 12.5. The Balaban J connectivity index is 0.00000650. The molecule has 0 bridgehead atoms. The number of hydrogen-bond acceptors (Lipinski definition) is 14. The third-order valence-corrected chi connectivity index (χ3v) is 8.13. The number of rotatable bonds is 10. The van der Waals surface area contributed by atoms with Gasteiger partial charge in [-0.25, -0.2) is 9.59 Å². The zero-order valence-corrected chi connectivity index (χ0v) is 29.4. The van der Waals surface area contributed by atoms with E-state index in [9.17, 15) is 45.7 Å². The van der Waals surface area contributed by atoms with Crippen molar-refractivity contribution < 1.29 is 65.2 Å². The molecule has 0 amide bonds. The van der Waals surface area contributed by atoms with Crippen molar-refractivity contribution in [3.8, 4) is 0 Å². The van der Waals surface area contributed by atoms with Gasteiger partial charge in [0.05, 0.1) is 33.9 Å². The minimum absolute atomic E-state index is 0. The number of azo groups is 2. The Kier molecular flexibility index (Phi) is 11.3. The maximum Gasteiger partial charge on any atom is 0.338 e. The standard InChI is InChI=1S/C28H24N8O10S2.Zn/c29-15-7-19(27(37)38)25(21(31)9-15)35-33-17-5-3-13(23(11-17)47(41,42)43)1-2-14-4-6-18(12-24(14)48(44,45)46)34-36-26-20(28(39)40)8-16(30)10-22(26)32;/h1-12H,29-32H2,(H,37,38)(H,39,40)(H,41,42,43)(H,44,45,46);. The first kappa shape index (κ1) is 37.9. The Hall–Kier alpha value is -5.60. The molecule has 4 aromatic rings. The summed E-state index contributed by atoms with van der Waals surface area (Å²) in [7, 11) is -9.83. The number of benzene rings is 4. The molecule has 18 nitrogen and oxygen atoms in total. The largest absolute Gasteiger partial charge is 0.478 e. The Bertz CT molecular complexity index is 2150. The van der Waals surface area contributed by atoms with Crippen LogP contribution in [0.25, 0.3) is 12.2 Å². The second-order valence-electron chi connectivity index (χ2n) is 9.75. The van der Waals surface area contributed by atoms with Gasteiger partial charge in [-0.15, -0.1) is 10.2 Å². The van der Waals surface area contributed by atoms with Gasteiger partial charge in [-0.05, 0) is 59.7 Å². The summed E-state index contributed by atoms with van der Waals surface area (Å²) in [6.07, 6.45) is 2.23. The van der Waals surface area contributed by atoms with Crippen LogP contribution in [-0.4, -0.2) is 48.1 Å². The molecular weight excluding hydrogens is 738 g/mol. The molecule has 49 heavy (non-hydrogen) atoms. The molecule has 0 unspecified atom stereocenters. The van der Waals surface area contributed by atoms with Crippen LogP contribution < -0.4 is 22.9 Å². The summed E-state index contributed by atoms with van der Waals surface area (Å²) in [5.41, 5.74) is 20.9. The summed E-state index contributed by atoms with van der Waals surface area (Å²) in [6.45, 7) is 0. The van der Waals surface area contributed by atoms with Gasteiger partial charge in [0.2, 0.25) is 0 Å². The summed E-state index contributed by atoms with van der Waals surface area (Å²) in [5, 5.41) is 34.1. The van der Waals surface area contributed by atoms with E-state index in [1.165, 1.54) is 36.4 Å². The molecule has 12 N–H and O–H groups in total. The molecule has 0 aliphatic heterocycles. The van der Waals surface area contributed by atoms with Crippen molar-refractivity contribution in [2.75, 3.05) is 22.9 Å². The van der Waals surface area contributed by atoms with Crippen LogP contribution in [0.1, 0.15) is 31.8 Å². The van der Waals surface area contributed by atoms with Gasteiger partial charge in [-0.2, -0.15) is 27.1 Å². The van der Waals surface area contributed by atoms with Crippen LogP contribution in [0.3, 0.4) is 0 Å². The Morgan fingerprint density at radius 3 is 1.22 bits per heavy atom. The van der Waals surface area contributed by atoms with E-state index in [-0.39, 0.29) is 87.2 Å². The summed E-state index contributed by atoms with van der Waals surface area (Å²) < 4.78 is 68.6. The van der Waals surface area contributed by atoms with E-state index < -0.39 is 42.0 Å². The molecule has 0 saturated carbocycles. The monoisotopic (exact) mass is 760 g/mol. The van der Waals surface area contributed by atoms with Gasteiger partial charge in [0.1, 0.15) is 21.2 Å². The molecule has 0 heterocycles. The fourth-order valence-electron chi connectivity index (χ4n) is 4.20. The molecule has 250 valence electrons. The van der Waals surface area contributed by atoms with Gasteiger partial charge < -0.3 is 33.1 Å². The van der Waals surface area contributed by atoms with Gasteiger partial charge in [0, 0.05) is 30.9 Å². The first-order valence-corrected chi connectivity index (χ1v) is 15.8. The number of nitrogens with two attached hydrogens (primary N) is 4. The predicted octanol–water partition coefficient (Wildman–Crippen LogP) is 4.90. The van der Waals surface area contributed by atoms with E-state index >= 15 is 0 Å². The predicted molar refractivity (Wildman–Crippen MR) is 174 cm³/mol. The third-order valence-electron chi connectivity index (χ3n) is 6.31. The average molecular weight is 762 g/mol. The van der Waals surface area contributed by atoms with Crippen molar-refractivity contribution in [1.82, 2.24) is 0 Å². The fraction of sp³-hybridized carbons (Fsp3) is 0. The number of carboxylic acids is 2. The Morgan fingerprint density at radius 1 is 0.571 bits per heavy atom. The topological polar surface area (TPSA) is 337 Å². The van der Waals surface area contributed by atoms with Crippen LogP contribution in [0.4, 0.5) is 45.5 Å². The zero-order chi connectivity index (χ0) is 35.6. The Morgan fingerprint density at radius 2 is 0.918 bits per heavy atom. The SMILES string of the molecule is Nc1cc(N)c(N=Nc2ccc(C=Cc3ccc(N=Nc4c(N)cc(N)cc4C(=O)O)cc3S(=O)(=O)O)c(S(=O)(=O)O)c2)c(C(=O)O)c1.[Zn]. The maximum absolute atomic E-state index is 12.2. The van der Waals surface area contributed by atoms with Crippen LogP contribution in [0.5, 0.6) is 0 Å². The van der Waals surface area contributed by atoms with Gasteiger partial charge in [-0.3, -0.25) is 9.11 Å². The number of carbonyl (C=O) groups is 2. The van der Waals surface area contributed by atoms with Gasteiger partial charge in [-0.1, -0.05) is 24.3 Å². The number of hydrogen-bond donors (Lipinski definition) is 8. The van der Waals surface area contributed by atoms with Crippen molar-refractivity contribution in [2.24, 2.45) is 20.5 Å². The van der Waals surface area contributed by atoms with Crippen LogP contribution >= 0.6 is 0 Å². The van der Waals surface area contributed by atoms with Crippen molar-refractivity contribution in [3.05, 3.63) is 82.9 Å². The fourth-order valence-corrected chi connectivity index (χ4v) is 5.60. The van der Waals surface area contributed by atoms with E-state index in [4.69, 9.17) is 22.9 Å². The first-order chi connectivity index (χ1) is 22.3. The zero-order valence-electron chi connectivity index (χ0n) is 24.8. The molecule has 0 atom stereocenters. The van der Waals surface area contributed by atoms with Crippen molar-refractivity contribution in [2.45, 2.75) is 9.79 Å². The first-order valence-electron chi connectivity index (χ1n) is 12.9. The summed E-state index contributed by atoms with van der Waals surface area (Å²) in [6, 6.07) is 11.4. The van der Waals surface area contributed by atoms with Crippen LogP contribution in [0, 0.1) is 0 Å². The average Bonchev–Trinajstić information content (AvgIpc) is 2.97. The quantitative estimate of drug-likeness (QED) is 0.0350. The van der Waals surface area contributed by atoms with E-state index in [1.54, 1.807) is 0 Å². The Labute approximate surface area is 290 Å². The molecule has 0 aliphatic carbocycles. The molecular formula is C28H24N8O10S2Zn. The van der Waals surface area contributed by atoms with Gasteiger partial charge in [0.25, 0.3) is 20.2 Å². The minimum atomic E-state index is -4.92. The van der Waals surface area contributed by atoms with E-state index in [2.05, 4.69) is 20.5 Å². The van der Waals surface area contributed by atoms with E-state index in [1.807, 2.05) is 0 Å². The molecule has 0 aliphatic rings. The molecule has 4 rings (SSSR count). The van der Waals surface area contributed by atoms with Gasteiger partial charge >= 0.3 is 11.9 Å². The van der Waals surface area contributed by atoms with Crippen LogP contribution in [0.2, 0.25) is 0 Å². The van der Waals surface area contributed by atoms with Gasteiger partial charge in [0.15, 0.2) is 0 Å². The molecule has 0 aromatic heterocycles.